The third-order valence-corrected chi connectivity index (χ3v) is 5.36. The van der Waals surface area contributed by atoms with Crippen LogP contribution in [0.2, 0.25) is 0 Å². The lowest BCUT2D eigenvalue weighted by atomic mass is 10.1. The molecule has 136 valence electrons. The van der Waals surface area contributed by atoms with E-state index in [0.29, 0.717) is 5.75 Å². The second-order valence-corrected chi connectivity index (χ2v) is 7.35. The van der Waals surface area contributed by atoms with Crippen LogP contribution in [0.5, 0.6) is 0 Å². The molecule has 3 aromatic rings. The molecule has 0 spiro atoms. The monoisotopic (exact) mass is 367 g/mol. The Balaban J connectivity index is 1.51. The average Bonchev–Trinajstić information content (AvgIpc) is 3.03. The molecule has 0 aliphatic rings. The fourth-order valence-corrected chi connectivity index (χ4v) is 3.91. The molecule has 1 amide bonds. The number of nitrogens with one attached hydrogen (secondary N) is 1. The number of hydrogen-bond donors (Lipinski definition) is 1. The van der Waals surface area contributed by atoms with E-state index in [0.717, 1.165) is 35.6 Å². The van der Waals surface area contributed by atoms with Crippen molar-refractivity contribution in [3.05, 3.63) is 60.2 Å². The summed E-state index contributed by atoms with van der Waals surface area (Å²) in [5.41, 5.74) is 3.40. The normalized spacial score (nSPS) is 12.2. The smallest absolute Gasteiger partial charge is 0.230 e. The first kappa shape index (κ1) is 18.5. The van der Waals surface area contributed by atoms with Crippen LogP contribution in [-0.2, 0) is 17.8 Å². The van der Waals surface area contributed by atoms with Gasteiger partial charge >= 0.3 is 0 Å². The van der Waals surface area contributed by atoms with E-state index < -0.39 is 0 Å². The highest BCUT2D eigenvalue weighted by atomic mass is 32.2. The second-order valence-electron chi connectivity index (χ2n) is 6.41. The van der Waals surface area contributed by atoms with Crippen LogP contribution in [0.4, 0.5) is 0 Å². The number of carbonyl (C=O) groups excluding carboxylic acids is 1. The number of hydrogen-bond acceptors (Lipinski definition) is 3. The number of aromatic nitrogens is 2. The van der Waals surface area contributed by atoms with Gasteiger partial charge in [-0.3, -0.25) is 4.79 Å². The van der Waals surface area contributed by atoms with Gasteiger partial charge in [-0.05, 0) is 44.4 Å². The number of thioether (sulfide) groups is 1. The van der Waals surface area contributed by atoms with E-state index in [2.05, 4.69) is 59.0 Å². The molecule has 0 fully saturated rings. The van der Waals surface area contributed by atoms with Gasteiger partial charge in [-0.2, -0.15) is 0 Å². The van der Waals surface area contributed by atoms with Gasteiger partial charge in [-0.15, -0.1) is 0 Å². The minimum absolute atomic E-state index is 0.0604. The zero-order chi connectivity index (χ0) is 18.4. The zero-order valence-corrected chi connectivity index (χ0v) is 16.1. The van der Waals surface area contributed by atoms with Gasteiger partial charge in [-0.1, -0.05) is 54.2 Å². The van der Waals surface area contributed by atoms with E-state index in [4.69, 9.17) is 0 Å². The molecular weight excluding hydrogens is 342 g/mol. The summed E-state index contributed by atoms with van der Waals surface area (Å²) < 4.78 is 2.16. The summed E-state index contributed by atoms with van der Waals surface area (Å²) in [5.74, 6) is 0.448. The number of imidazole rings is 1. The average molecular weight is 368 g/mol. The second kappa shape index (κ2) is 8.90. The third-order valence-electron chi connectivity index (χ3n) is 4.38. The van der Waals surface area contributed by atoms with E-state index in [-0.39, 0.29) is 11.9 Å². The first-order valence-electron chi connectivity index (χ1n) is 9.08. The van der Waals surface area contributed by atoms with Crippen molar-refractivity contribution in [2.75, 3.05) is 5.75 Å². The van der Waals surface area contributed by atoms with Gasteiger partial charge in [0, 0.05) is 12.6 Å². The Morgan fingerprint density at radius 1 is 1.15 bits per heavy atom. The third kappa shape index (κ3) is 4.67. The standard InChI is InChI=1S/C21H25N3OS/c1-3-24-19-12-8-7-11-18(19)23-21(24)26-15-20(25)22-16(2)13-14-17-9-5-4-6-10-17/h4-12,16H,3,13-15H2,1-2H3,(H,22,25)/t16-/m0/s1. The first-order valence-corrected chi connectivity index (χ1v) is 10.1. The molecule has 0 saturated heterocycles. The summed E-state index contributed by atoms with van der Waals surface area (Å²) in [6.45, 7) is 5.01. The van der Waals surface area contributed by atoms with E-state index in [1.54, 1.807) is 0 Å². The number of benzene rings is 2. The molecule has 0 aliphatic carbocycles. The van der Waals surface area contributed by atoms with Crippen LogP contribution in [-0.4, -0.2) is 27.3 Å². The number of para-hydroxylation sites is 2. The van der Waals surface area contributed by atoms with Gasteiger partial charge in [-0.25, -0.2) is 4.98 Å². The van der Waals surface area contributed by atoms with Crippen molar-refractivity contribution in [3.8, 4) is 0 Å². The Hall–Kier alpha value is -2.27. The van der Waals surface area contributed by atoms with Gasteiger partial charge in [0.15, 0.2) is 5.16 Å². The Morgan fingerprint density at radius 2 is 1.88 bits per heavy atom. The van der Waals surface area contributed by atoms with Crippen molar-refractivity contribution in [2.45, 2.75) is 44.4 Å². The SMILES string of the molecule is CCn1c(SCC(=O)N[C@@H](C)CCc2ccccc2)nc2ccccc21. The number of rotatable bonds is 8. The predicted octanol–water partition coefficient (Wildman–Crippen LogP) is 4.29. The fourth-order valence-electron chi connectivity index (χ4n) is 3.02. The van der Waals surface area contributed by atoms with E-state index in [1.165, 1.54) is 17.3 Å². The molecule has 1 atom stereocenters. The summed E-state index contributed by atoms with van der Waals surface area (Å²) in [6, 6.07) is 18.6. The minimum atomic E-state index is 0.0604. The van der Waals surface area contributed by atoms with Crippen LogP contribution in [0.15, 0.2) is 59.8 Å². The highest BCUT2D eigenvalue weighted by molar-refractivity contribution is 7.99. The molecule has 0 unspecified atom stereocenters. The quantitative estimate of drug-likeness (QED) is 0.604. The predicted molar refractivity (Wildman–Crippen MR) is 108 cm³/mol. The minimum Gasteiger partial charge on any atom is -0.353 e. The topological polar surface area (TPSA) is 46.9 Å². The van der Waals surface area contributed by atoms with Gasteiger partial charge in [0.05, 0.1) is 16.8 Å². The van der Waals surface area contributed by atoms with Crippen molar-refractivity contribution in [1.29, 1.82) is 0 Å². The molecule has 26 heavy (non-hydrogen) atoms. The summed E-state index contributed by atoms with van der Waals surface area (Å²) >= 11 is 1.50. The van der Waals surface area contributed by atoms with Crippen LogP contribution in [0.25, 0.3) is 11.0 Å². The van der Waals surface area contributed by atoms with Crippen molar-refractivity contribution in [1.82, 2.24) is 14.9 Å². The number of fused-ring (bicyclic) bond motifs is 1. The van der Waals surface area contributed by atoms with Crippen molar-refractivity contribution < 1.29 is 4.79 Å². The maximum Gasteiger partial charge on any atom is 0.230 e. The molecule has 4 nitrogen and oxygen atoms in total. The molecule has 0 radical (unpaired) electrons. The van der Waals surface area contributed by atoms with Gasteiger partial charge in [0.2, 0.25) is 5.91 Å². The highest BCUT2D eigenvalue weighted by Crippen LogP contribution is 2.23. The molecule has 0 aliphatic heterocycles. The molecule has 3 rings (SSSR count). The Morgan fingerprint density at radius 3 is 2.65 bits per heavy atom. The number of amides is 1. The lowest BCUT2D eigenvalue weighted by Gasteiger charge is -2.14. The zero-order valence-electron chi connectivity index (χ0n) is 15.3. The summed E-state index contributed by atoms with van der Waals surface area (Å²) in [7, 11) is 0. The Kier molecular flexibility index (Phi) is 6.34. The highest BCUT2D eigenvalue weighted by Gasteiger charge is 2.13. The van der Waals surface area contributed by atoms with Gasteiger partial charge in [0.1, 0.15) is 0 Å². The number of aryl methyl sites for hydroxylation is 2. The molecule has 0 saturated carbocycles. The van der Waals surface area contributed by atoms with Crippen molar-refractivity contribution in [2.24, 2.45) is 0 Å². The van der Waals surface area contributed by atoms with Gasteiger partial charge in [0.25, 0.3) is 0 Å². The molecule has 0 bridgehead atoms. The van der Waals surface area contributed by atoms with E-state index in [9.17, 15) is 4.79 Å². The number of nitrogens with zero attached hydrogens (tertiary/aromatic N) is 2. The largest absolute Gasteiger partial charge is 0.353 e. The number of carbonyl (C=O) groups is 1. The van der Waals surface area contributed by atoms with Crippen LogP contribution in [0, 0.1) is 0 Å². The Labute approximate surface area is 159 Å². The van der Waals surface area contributed by atoms with Crippen molar-refractivity contribution in [3.63, 3.8) is 0 Å². The first-order chi connectivity index (χ1) is 12.7. The van der Waals surface area contributed by atoms with E-state index in [1.807, 2.05) is 24.3 Å². The Bertz CT molecular complexity index is 860. The van der Waals surface area contributed by atoms with Crippen LogP contribution in [0.3, 0.4) is 0 Å². The van der Waals surface area contributed by atoms with Crippen LogP contribution < -0.4 is 5.32 Å². The molecule has 5 heteroatoms. The van der Waals surface area contributed by atoms with Crippen LogP contribution in [0.1, 0.15) is 25.8 Å². The lowest BCUT2D eigenvalue weighted by molar-refractivity contribution is -0.119. The summed E-state index contributed by atoms with van der Waals surface area (Å²) in [6.07, 6.45) is 1.91. The summed E-state index contributed by atoms with van der Waals surface area (Å²) in [5, 5.41) is 4.00. The lowest BCUT2D eigenvalue weighted by Crippen LogP contribution is -2.34. The molecule has 1 aromatic heterocycles. The van der Waals surface area contributed by atoms with E-state index >= 15 is 0 Å². The maximum absolute atomic E-state index is 12.3. The van der Waals surface area contributed by atoms with Gasteiger partial charge < -0.3 is 9.88 Å². The molecule has 2 aromatic carbocycles. The van der Waals surface area contributed by atoms with Crippen molar-refractivity contribution >= 4 is 28.7 Å². The molecule has 1 heterocycles. The molecular formula is C21H25N3OS. The fraction of sp³-hybridized carbons (Fsp3) is 0.333. The van der Waals surface area contributed by atoms with Crippen LogP contribution >= 0.6 is 11.8 Å². The summed E-state index contributed by atoms with van der Waals surface area (Å²) in [4.78, 5) is 16.9. The molecule has 1 N–H and O–H groups in total. The maximum atomic E-state index is 12.3.